The minimum absolute atomic E-state index is 0.0271. The maximum Gasteiger partial charge on any atom is 0.247 e. The second-order valence-electron chi connectivity index (χ2n) is 10.3. The van der Waals surface area contributed by atoms with E-state index in [0.29, 0.717) is 50.0 Å². The van der Waals surface area contributed by atoms with Crippen LogP contribution in [0.1, 0.15) is 38.5 Å². The quantitative estimate of drug-likeness (QED) is 0.317. The number of aliphatic hydroxyl groups is 2. The molecule has 3 atom stereocenters. The van der Waals surface area contributed by atoms with Crippen LogP contribution in [0.4, 0.5) is 0 Å². The first-order valence-electron chi connectivity index (χ1n) is 13.7. The van der Waals surface area contributed by atoms with Gasteiger partial charge in [-0.05, 0) is 59.6 Å². The van der Waals surface area contributed by atoms with E-state index < -0.39 is 18.2 Å². The smallest absolute Gasteiger partial charge is 0.247 e. The molecule has 0 spiro atoms. The summed E-state index contributed by atoms with van der Waals surface area (Å²) in [4.78, 5) is 30.8. The topological polar surface area (TPSA) is 112 Å². The number of para-hydroxylation sites is 1. The highest BCUT2D eigenvalue weighted by molar-refractivity contribution is 14.1. The molecule has 2 aliphatic carbocycles. The molecule has 1 aliphatic heterocycles. The summed E-state index contributed by atoms with van der Waals surface area (Å²) in [5.41, 5.74) is 0.453. The van der Waals surface area contributed by atoms with Gasteiger partial charge in [0.05, 0.1) is 29.4 Å². The number of carbonyl (C=O) groups excluding carboxylic acids is 2. The first-order valence-corrected chi connectivity index (χ1v) is 14.8. The van der Waals surface area contributed by atoms with E-state index in [1.807, 2.05) is 24.3 Å². The van der Waals surface area contributed by atoms with Crippen LogP contribution in [0.25, 0.3) is 0 Å². The Kier molecular flexibility index (Phi) is 11.2. The van der Waals surface area contributed by atoms with Crippen molar-refractivity contribution in [3.63, 3.8) is 0 Å². The number of aliphatic hydroxyl groups excluding tert-OH is 2. The molecule has 3 N–H and O–H groups in total. The van der Waals surface area contributed by atoms with Gasteiger partial charge in [-0.3, -0.25) is 14.5 Å². The number of morpholine rings is 1. The first kappa shape index (κ1) is 29.3. The lowest BCUT2D eigenvalue weighted by Gasteiger charge is -2.42. The predicted octanol–water partition coefficient (Wildman–Crippen LogP) is 1.95. The number of benzene rings is 1. The van der Waals surface area contributed by atoms with Crippen LogP contribution in [0, 0.1) is 9.49 Å². The van der Waals surface area contributed by atoms with E-state index in [9.17, 15) is 19.8 Å². The van der Waals surface area contributed by atoms with E-state index in [4.69, 9.17) is 9.47 Å². The van der Waals surface area contributed by atoms with Crippen LogP contribution in [-0.4, -0.2) is 103 Å². The van der Waals surface area contributed by atoms with Crippen molar-refractivity contribution in [2.75, 3.05) is 52.5 Å². The van der Waals surface area contributed by atoms with Crippen LogP contribution < -0.4 is 10.1 Å². The molecule has 10 heteroatoms. The average Bonchev–Trinajstić information content (AvgIpc) is 3.44. The van der Waals surface area contributed by atoms with E-state index in [-0.39, 0.29) is 31.4 Å². The van der Waals surface area contributed by atoms with Crippen LogP contribution in [0.3, 0.4) is 0 Å². The van der Waals surface area contributed by atoms with Crippen molar-refractivity contribution in [3.05, 3.63) is 39.5 Å². The molecule has 1 saturated carbocycles. The second kappa shape index (κ2) is 14.6. The molecule has 1 aromatic rings. The van der Waals surface area contributed by atoms with Gasteiger partial charge in [-0.1, -0.05) is 25.0 Å². The zero-order chi connectivity index (χ0) is 26.9. The van der Waals surface area contributed by atoms with Crippen molar-refractivity contribution in [2.24, 2.45) is 5.92 Å². The molecule has 0 aromatic heterocycles. The van der Waals surface area contributed by atoms with E-state index >= 15 is 0 Å². The summed E-state index contributed by atoms with van der Waals surface area (Å²) in [6.07, 6.45) is 4.98. The molecule has 0 bridgehead atoms. The number of halogens is 1. The lowest BCUT2D eigenvalue weighted by Crippen LogP contribution is -2.57. The standard InChI is InChI=1S/C28H40IN3O6/c29-22-7-3-4-8-24(22)38-25-19-21(28(36)30-9-14-33)18-23(27(25)35)32(11-10-31-12-15-37-16-13-31)26(34)17-20-5-1-2-6-20/h3-4,7-8,19-20,23,25,27,33,35H,1-2,5-6,9-18H2,(H,30,36). The molecule has 0 radical (unpaired) electrons. The highest BCUT2D eigenvalue weighted by Gasteiger charge is 2.41. The largest absolute Gasteiger partial charge is 0.482 e. The van der Waals surface area contributed by atoms with Gasteiger partial charge in [0.15, 0.2) is 0 Å². The van der Waals surface area contributed by atoms with Crippen molar-refractivity contribution in [1.29, 1.82) is 0 Å². The van der Waals surface area contributed by atoms with E-state index in [0.717, 1.165) is 42.3 Å². The van der Waals surface area contributed by atoms with Gasteiger partial charge in [0.1, 0.15) is 18.0 Å². The summed E-state index contributed by atoms with van der Waals surface area (Å²) in [5, 5.41) is 23.5. The molecule has 3 unspecified atom stereocenters. The van der Waals surface area contributed by atoms with Crippen molar-refractivity contribution in [1.82, 2.24) is 15.1 Å². The van der Waals surface area contributed by atoms with Gasteiger partial charge in [-0.15, -0.1) is 0 Å². The number of ether oxygens (including phenoxy) is 2. The number of rotatable bonds is 11. The minimum atomic E-state index is -1.00. The lowest BCUT2D eigenvalue weighted by molar-refractivity contribution is -0.140. The fraction of sp³-hybridized carbons (Fsp3) is 0.643. The fourth-order valence-electron chi connectivity index (χ4n) is 5.59. The summed E-state index contributed by atoms with van der Waals surface area (Å²) in [5.74, 6) is 0.694. The molecular weight excluding hydrogens is 601 g/mol. The monoisotopic (exact) mass is 641 g/mol. The summed E-state index contributed by atoms with van der Waals surface area (Å²) in [6, 6.07) is 6.92. The van der Waals surface area contributed by atoms with Crippen LogP contribution in [0.5, 0.6) is 5.75 Å². The van der Waals surface area contributed by atoms with E-state index in [1.165, 1.54) is 0 Å². The number of hydrogen-bond acceptors (Lipinski definition) is 7. The van der Waals surface area contributed by atoms with Crippen molar-refractivity contribution < 1.29 is 29.3 Å². The normalized spacial score (nSPS) is 24.6. The van der Waals surface area contributed by atoms with Crippen molar-refractivity contribution >= 4 is 34.4 Å². The van der Waals surface area contributed by atoms with Gasteiger partial charge < -0.3 is 29.9 Å². The van der Waals surface area contributed by atoms with Crippen LogP contribution >= 0.6 is 22.6 Å². The van der Waals surface area contributed by atoms with Gasteiger partial charge in [0.25, 0.3) is 0 Å². The van der Waals surface area contributed by atoms with Crippen molar-refractivity contribution in [3.8, 4) is 5.75 Å². The Morgan fingerprint density at radius 3 is 2.63 bits per heavy atom. The molecule has 1 aromatic carbocycles. The molecule has 1 saturated heterocycles. The minimum Gasteiger partial charge on any atom is -0.482 e. The Morgan fingerprint density at radius 1 is 1.18 bits per heavy atom. The Hall–Kier alpha value is -1.73. The van der Waals surface area contributed by atoms with Crippen LogP contribution in [-0.2, 0) is 14.3 Å². The van der Waals surface area contributed by atoms with Crippen molar-refractivity contribution in [2.45, 2.75) is 56.8 Å². The Morgan fingerprint density at radius 2 is 1.92 bits per heavy atom. The molecule has 3 aliphatic rings. The zero-order valence-electron chi connectivity index (χ0n) is 21.9. The highest BCUT2D eigenvalue weighted by atomic mass is 127. The van der Waals surface area contributed by atoms with E-state index in [2.05, 4.69) is 32.8 Å². The Balaban J connectivity index is 1.58. The van der Waals surface area contributed by atoms with E-state index in [1.54, 1.807) is 11.0 Å². The van der Waals surface area contributed by atoms with Gasteiger partial charge in [0.2, 0.25) is 11.8 Å². The van der Waals surface area contributed by atoms with Crippen LogP contribution in [0.15, 0.2) is 35.9 Å². The van der Waals surface area contributed by atoms with Gasteiger partial charge >= 0.3 is 0 Å². The van der Waals surface area contributed by atoms with Gasteiger partial charge in [0, 0.05) is 51.1 Å². The molecule has 38 heavy (non-hydrogen) atoms. The SMILES string of the molecule is O=C(NCCO)C1=CC(Oc2ccccc2I)C(O)C(N(CCN2CCOCC2)C(=O)CC2CCCC2)C1. The number of amides is 2. The third kappa shape index (κ3) is 7.91. The Labute approximate surface area is 238 Å². The summed E-state index contributed by atoms with van der Waals surface area (Å²) >= 11 is 2.18. The molecule has 4 rings (SSSR count). The zero-order valence-corrected chi connectivity index (χ0v) is 24.1. The highest BCUT2D eigenvalue weighted by Crippen LogP contribution is 2.32. The molecular formula is C28H40IN3O6. The fourth-order valence-corrected chi connectivity index (χ4v) is 6.11. The average molecular weight is 642 g/mol. The number of carbonyl (C=O) groups is 2. The summed E-state index contributed by atoms with van der Waals surface area (Å²) in [6.45, 7) is 4.08. The number of nitrogens with one attached hydrogen (secondary N) is 1. The van der Waals surface area contributed by atoms with Gasteiger partial charge in [-0.2, -0.15) is 0 Å². The molecule has 1 heterocycles. The number of nitrogens with zero attached hydrogens (tertiary/aromatic N) is 2. The van der Waals surface area contributed by atoms with Gasteiger partial charge in [-0.25, -0.2) is 0 Å². The maximum absolute atomic E-state index is 13.8. The molecule has 9 nitrogen and oxygen atoms in total. The second-order valence-corrected chi connectivity index (χ2v) is 11.5. The Bertz CT molecular complexity index is 964. The summed E-state index contributed by atoms with van der Waals surface area (Å²) in [7, 11) is 0. The number of hydrogen-bond donors (Lipinski definition) is 3. The summed E-state index contributed by atoms with van der Waals surface area (Å²) < 4.78 is 12.6. The third-order valence-corrected chi connectivity index (χ3v) is 8.62. The maximum atomic E-state index is 13.8. The predicted molar refractivity (Wildman–Crippen MR) is 152 cm³/mol. The third-order valence-electron chi connectivity index (χ3n) is 7.73. The lowest BCUT2D eigenvalue weighted by atomic mass is 9.87. The molecule has 2 amide bonds. The first-order chi connectivity index (χ1) is 18.5. The molecule has 2 fully saturated rings. The van der Waals surface area contributed by atoms with Crippen LogP contribution in [0.2, 0.25) is 0 Å². The molecule has 210 valence electrons.